The summed E-state index contributed by atoms with van der Waals surface area (Å²) < 4.78 is 4.47. The second-order valence-corrected chi connectivity index (χ2v) is 3.19. The molecule has 1 unspecified atom stereocenters. The summed E-state index contributed by atoms with van der Waals surface area (Å²) in [6.45, 7) is -0.0347. The Morgan fingerprint density at radius 2 is 2.00 bits per heavy atom. The van der Waals surface area contributed by atoms with E-state index < -0.39 is 17.7 Å². The highest BCUT2D eigenvalue weighted by Crippen LogP contribution is 2.33. The molecule has 0 radical (unpaired) electrons. The number of carbonyl (C=O) groups is 3. The van der Waals surface area contributed by atoms with Crippen molar-refractivity contribution in [1.82, 2.24) is 0 Å². The van der Waals surface area contributed by atoms with Crippen molar-refractivity contribution in [3.63, 3.8) is 0 Å². The van der Waals surface area contributed by atoms with Gasteiger partial charge < -0.3 is 4.74 Å². The third-order valence-corrected chi connectivity index (χ3v) is 2.22. The van der Waals surface area contributed by atoms with Gasteiger partial charge in [0.05, 0.1) is 0 Å². The first kappa shape index (κ1) is 7.46. The number of hydrogen-bond donors (Lipinski definition) is 0. The molecule has 1 saturated heterocycles. The summed E-state index contributed by atoms with van der Waals surface area (Å²) >= 11 is 0. The highest BCUT2D eigenvalue weighted by atomic mass is 16.5. The van der Waals surface area contributed by atoms with Gasteiger partial charge in [-0.05, 0) is 12.8 Å². The van der Waals surface area contributed by atoms with Gasteiger partial charge in [-0.25, -0.2) is 4.79 Å². The standard InChI is InChI=1S/C8H8O4/c9-6(4-1-2-4)5-3-12-8(11)7(5)10/h4-5H,1-3H2. The van der Waals surface area contributed by atoms with Gasteiger partial charge in [-0.2, -0.15) is 0 Å². The topological polar surface area (TPSA) is 60.4 Å². The zero-order valence-electron chi connectivity index (χ0n) is 6.41. The second kappa shape index (κ2) is 2.40. The molecule has 1 aliphatic heterocycles. The molecule has 0 amide bonds. The minimum Gasteiger partial charge on any atom is -0.459 e. The van der Waals surface area contributed by atoms with Gasteiger partial charge in [0.1, 0.15) is 12.5 Å². The van der Waals surface area contributed by atoms with Gasteiger partial charge in [0, 0.05) is 5.92 Å². The Morgan fingerprint density at radius 1 is 1.33 bits per heavy atom. The maximum atomic E-state index is 11.3. The van der Waals surface area contributed by atoms with E-state index in [4.69, 9.17) is 0 Å². The Hall–Kier alpha value is -1.19. The van der Waals surface area contributed by atoms with Crippen LogP contribution in [-0.2, 0) is 19.1 Å². The van der Waals surface area contributed by atoms with E-state index in [1.807, 2.05) is 0 Å². The van der Waals surface area contributed by atoms with Crippen LogP contribution >= 0.6 is 0 Å². The number of esters is 1. The zero-order valence-corrected chi connectivity index (χ0v) is 6.41. The van der Waals surface area contributed by atoms with Crippen molar-refractivity contribution in [2.24, 2.45) is 11.8 Å². The summed E-state index contributed by atoms with van der Waals surface area (Å²) in [5.74, 6) is -2.38. The number of ether oxygens (including phenoxy) is 1. The van der Waals surface area contributed by atoms with Gasteiger partial charge in [-0.3, -0.25) is 9.59 Å². The molecule has 1 heterocycles. The number of rotatable bonds is 2. The van der Waals surface area contributed by atoms with Crippen molar-refractivity contribution >= 4 is 17.5 Å². The van der Waals surface area contributed by atoms with Crippen molar-refractivity contribution in [1.29, 1.82) is 0 Å². The predicted octanol–water partition coefficient (Wildman–Crippen LogP) is -0.292. The first-order valence-corrected chi connectivity index (χ1v) is 3.95. The van der Waals surface area contributed by atoms with Crippen molar-refractivity contribution in [3.05, 3.63) is 0 Å². The van der Waals surface area contributed by atoms with Gasteiger partial charge in [0.15, 0.2) is 5.78 Å². The fourth-order valence-corrected chi connectivity index (χ4v) is 1.31. The van der Waals surface area contributed by atoms with Gasteiger partial charge in [-0.15, -0.1) is 0 Å². The SMILES string of the molecule is O=C1OCC(C(=O)C2CC2)C1=O. The van der Waals surface area contributed by atoms with E-state index in [2.05, 4.69) is 4.74 Å². The molecule has 1 saturated carbocycles. The molecule has 0 aromatic heterocycles. The Morgan fingerprint density at radius 3 is 2.42 bits per heavy atom. The zero-order chi connectivity index (χ0) is 8.72. The van der Waals surface area contributed by atoms with Crippen molar-refractivity contribution < 1.29 is 19.1 Å². The fourth-order valence-electron chi connectivity index (χ4n) is 1.31. The van der Waals surface area contributed by atoms with Crippen LogP contribution in [0.2, 0.25) is 0 Å². The molecule has 1 atom stereocenters. The van der Waals surface area contributed by atoms with E-state index in [9.17, 15) is 14.4 Å². The van der Waals surface area contributed by atoms with E-state index in [1.54, 1.807) is 0 Å². The predicted molar refractivity (Wildman–Crippen MR) is 37.2 cm³/mol. The Bertz CT molecular complexity index is 264. The number of ketones is 2. The average Bonchev–Trinajstić information content (AvgIpc) is 2.82. The molecular weight excluding hydrogens is 160 g/mol. The van der Waals surface area contributed by atoms with Crippen molar-refractivity contribution in [2.45, 2.75) is 12.8 Å². The summed E-state index contributed by atoms with van der Waals surface area (Å²) in [5, 5.41) is 0. The molecule has 0 N–H and O–H groups in total. The van der Waals surface area contributed by atoms with E-state index in [0.29, 0.717) is 0 Å². The lowest BCUT2D eigenvalue weighted by Crippen LogP contribution is -2.25. The lowest BCUT2D eigenvalue weighted by Gasteiger charge is -1.99. The molecular formula is C8H8O4. The Labute approximate surface area is 68.9 Å². The molecule has 0 bridgehead atoms. The van der Waals surface area contributed by atoms with Gasteiger partial charge >= 0.3 is 5.97 Å². The van der Waals surface area contributed by atoms with E-state index in [1.165, 1.54) is 0 Å². The number of Topliss-reactive ketones (excluding diaryl/α,β-unsaturated/α-hetero) is 2. The van der Waals surface area contributed by atoms with E-state index >= 15 is 0 Å². The molecule has 1 aliphatic carbocycles. The van der Waals surface area contributed by atoms with Crippen LogP contribution in [-0.4, -0.2) is 24.1 Å². The largest absolute Gasteiger partial charge is 0.459 e. The molecule has 2 fully saturated rings. The van der Waals surface area contributed by atoms with Crippen LogP contribution in [0.4, 0.5) is 0 Å². The molecule has 2 aliphatic rings. The number of cyclic esters (lactones) is 1. The van der Waals surface area contributed by atoms with Crippen LogP contribution in [0.5, 0.6) is 0 Å². The van der Waals surface area contributed by atoms with Gasteiger partial charge in [0.2, 0.25) is 0 Å². The molecule has 12 heavy (non-hydrogen) atoms. The minimum absolute atomic E-state index is 0.0217. The second-order valence-electron chi connectivity index (χ2n) is 3.19. The molecule has 64 valence electrons. The first-order valence-electron chi connectivity index (χ1n) is 3.95. The third kappa shape index (κ3) is 1.03. The fraction of sp³-hybridized carbons (Fsp3) is 0.625. The van der Waals surface area contributed by atoms with Gasteiger partial charge in [0.25, 0.3) is 5.78 Å². The summed E-state index contributed by atoms with van der Waals surface area (Å²) in [6, 6.07) is 0. The monoisotopic (exact) mass is 168 g/mol. The molecule has 0 aromatic carbocycles. The summed E-state index contributed by atoms with van der Waals surface area (Å²) in [7, 11) is 0. The maximum absolute atomic E-state index is 11.3. The van der Waals surface area contributed by atoms with Crippen LogP contribution in [0.1, 0.15) is 12.8 Å². The van der Waals surface area contributed by atoms with Crippen LogP contribution in [0, 0.1) is 11.8 Å². The summed E-state index contributed by atoms with van der Waals surface area (Å²) in [6.07, 6.45) is 1.72. The molecule has 4 nitrogen and oxygen atoms in total. The Balaban J connectivity index is 2.09. The first-order chi connectivity index (χ1) is 5.70. The van der Waals surface area contributed by atoms with Crippen LogP contribution in [0.3, 0.4) is 0 Å². The van der Waals surface area contributed by atoms with Crippen LogP contribution in [0.25, 0.3) is 0 Å². The molecule has 0 spiro atoms. The van der Waals surface area contributed by atoms with Crippen LogP contribution < -0.4 is 0 Å². The maximum Gasteiger partial charge on any atom is 0.375 e. The van der Waals surface area contributed by atoms with Crippen molar-refractivity contribution in [3.8, 4) is 0 Å². The average molecular weight is 168 g/mol. The normalized spacial score (nSPS) is 28.8. The van der Waals surface area contributed by atoms with Gasteiger partial charge in [-0.1, -0.05) is 0 Å². The smallest absolute Gasteiger partial charge is 0.375 e. The molecule has 2 rings (SSSR count). The van der Waals surface area contributed by atoms with E-state index in [0.717, 1.165) is 12.8 Å². The minimum atomic E-state index is -0.853. The molecule has 4 heteroatoms. The highest BCUT2D eigenvalue weighted by molar-refractivity contribution is 6.40. The molecule has 0 aromatic rings. The summed E-state index contributed by atoms with van der Waals surface area (Å²) in [5.41, 5.74) is 0. The number of carbonyl (C=O) groups excluding carboxylic acids is 3. The Kier molecular flexibility index (Phi) is 1.49. The lowest BCUT2D eigenvalue weighted by atomic mass is 9.99. The lowest BCUT2D eigenvalue weighted by molar-refractivity contribution is -0.147. The van der Waals surface area contributed by atoms with Crippen molar-refractivity contribution in [2.75, 3.05) is 6.61 Å². The third-order valence-electron chi connectivity index (χ3n) is 2.22. The van der Waals surface area contributed by atoms with E-state index in [-0.39, 0.29) is 18.3 Å². The number of hydrogen-bond acceptors (Lipinski definition) is 4. The highest BCUT2D eigenvalue weighted by Gasteiger charge is 2.45. The summed E-state index contributed by atoms with van der Waals surface area (Å²) in [4.78, 5) is 32.9. The quantitative estimate of drug-likeness (QED) is 0.323. The van der Waals surface area contributed by atoms with Crippen LogP contribution in [0.15, 0.2) is 0 Å².